The van der Waals surface area contributed by atoms with Crippen molar-refractivity contribution in [3.63, 3.8) is 0 Å². The molecule has 2 aliphatic heterocycles. The number of ether oxygens (including phenoxy) is 5. The van der Waals surface area contributed by atoms with Crippen molar-refractivity contribution in [2.24, 2.45) is 0 Å². The van der Waals surface area contributed by atoms with Crippen molar-refractivity contribution in [2.45, 2.75) is 31.9 Å². The summed E-state index contributed by atoms with van der Waals surface area (Å²) in [4.78, 5) is 25.2. The van der Waals surface area contributed by atoms with E-state index in [-0.39, 0.29) is 25.4 Å². The Morgan fingerprint density at radius 1 is 1.25 bits per heavy atom. The summed E-state index contributed by atoms with van der Waals surface area (Å²) in [5.74, 6) is 2.94. The van der Waals surface area contributed by atoms with Crippen molar-refractivity contribution >= 4 is 23.8 Å². The molecule has 1 amide bonds. The third-order valence-electron chi connectivity index (χ3n) is 4.59. The Kier molecular flexibility index (Phi) is 7.27. The van der Waals surface area contributed by atoms with Crippen LogP contribution in [0.25, 0.3) is 0 Å². The number of thioether (sulfide) groups is 1. The number of rotatable bonds is 9. The number of hydrogen-bond acceptors (Lipinski definition) is 8. The van der Waals surface area contributed by atoms with Crippen LogP contribution in [0.3, 0.4) is 0 Å². The van der Waals surface area contributed by atoms with Gasteiger partial charge in [0.2, 0.25) is 13.6 Å². The maximum absolute atomic E-state index is 12.1. The van der Waals surface area contributed by atoms with Crippen LogP contribution < -0.4 is 9.47 Å². The van der Waals surface area contributed by atoms with Gasteiger partial charge in [-0.2, -0.15) is 11.8 Å². The van der Waals surface area contributed by atoms with Crippen LogP contribution in [-0.4, -0.2) is 67.9 Å². The zero-order valence-electron chi connectivity index (χ0n) is 16.0. The fraction of sp³-hybridized carbons (Fsp3) is 0.579. The molecule has 1 aromatic rings. The number of likely N-dealkylation sites (N-methyl/N-ethyl adjacent to an activating group) is 1. The van der Waals surface area contributed by atoms with Gasteiger partial charge < -0.3 is 28.6 Å². The number of esters is 1. The molecule has 1 fully saturated rings. The quantitative estimate of drug-likeness (QED) is 0.453. The second-order valence-corrected chi connectivity index (χ2v) is 7.75. The van der Waals surface area contributed by atoms with Crippen molar-refractivity contribution < 1.29 is 33.3 Å². The molecule has 9 heteroatoms. The Labute approximate surface area is 168 Å². The topological polar surface area (TPSA) is 83.5 Å². The minimum Gasteiger partial charge on any atom is -0.454 e. The molecule has 1 unspecified atom stereocenters. The van der Waals surface area contributed by atoms with Crippen LogP contribution in [0.5, 0.6) is 11.5 Å². The smallest absolute Gasteiger partial charge is 0.412 e. The van der Waals surface area contributed by atoms with Gasteiger partial charge in [0.15, 0.2) is 11.5 Å². The summed E-state index contributed by atoms with van der Waals surface area (Å²) in [7, 11) is 1.65. The lowest BCUT2D eigenvalue weighted by atomic mass is 10.1. The molecule has 0 saturated carbocycles. The zero-order chi connectivity index (χ0) is 19.9. The van der Waals surface area contributed by atoms with Crippen LogP contribution in [0.4, 0.5) is 4.79 Å². The van der Waals surface area contributed by atoms with Crippen LogP contribution >= 0.6 is 11.8 Å². The van der Waals surface area contributed by atoms with E-state index in [2.05, 4.69) is 0 Å². The molecular formula is C19H25NO7S. The summed E-state index contributed by atoms with van der Waals surface area (Å²) in [6, 6.07) is 5.59. The van der Waals surface area contributed by atoms with Crippen LogP contribution in [0.1, 0.15) is 18.9 Å². The average Bonchev–Trinajstić information content (AvgIpc) is 3.10. The Balaban J connectivity index is 1.33. The summed E-state index contributed by atoms with van der Waals surface area (Å²) >= 11 is 1.82. The largest absolute Gasteiger partial charge is 0.454 e. The van der Waals surface area contributed by atoms with Gasteiger partial charge in [0.1, 0.15) is 0 Å². The summed E-state index contributed by atoms with van der Waals surface area (Å²) < 4.78 is 26.1. The van der Waals surface area contributed by atoms with Gasteiger partial charge in [0.05, 0.1) is 19.1 Å². The van der Waals surface area contributed by atoms with Crippen molar-refractivity contribution in [1.29, 1.82) is 0 Å². The lowest BCUT2D eigenvalue weighted by Gasteiger charge is -2.25. The van der Waals surface area contributed by atoms with Gasteiger partial charge in [-0.05, 0) is 31.0 Å². The Morgan fingerprint density at radius 3 is 2.79 bits per heavy atom. The third kappa shape index (κ3) is 5.68. The maximum atomic E-state index is 12.1. The number of carbonyl (C=O) groups excluding carboxylic acids is 2. The Hall–Kier alpha value is -2.13. The molecule has 28 heavy (non-hydrogen) atoms. The predicted octanol–water partition coefficient (Wildman–Crippen LogP) is 2.44. The van der Waals surface area contributed by atoms with Crippen molar-refractivity contribution in [3.05, 3.63) is 23.8 Å². The normalized spacial score (nSPS) is 16.2. The first-order valence-electron chi connectivity index (χ1n) is 9.16. The van der Waals surface area contributed by atoms with Gasteiger partial charge >= 0.3 is 12.1 Å². The average molecular weight is 411 g/mol. The number of nitrogens with zero attached hydrogens (tertiary/aromatic N) is 1. The molecule has 2 heterocycles. The highest BCUT2D eigenvalue weighted by Gasteiger charge is 2.21. The number of hydrogen-bond donors (Lipinski definition) is 0. The molecule has 8 nitrogen and oxygen atoms in total. The van der Waals surface area contributed by atoms with Crippen LogP contribution in [-0.2, 0) is 25.4 Å². The molecule has 0 spiro atoms. The second kappa shape index (κ2) is 9.88. The maximum Gasteiger partial charge on any atom is 0.412 e. The first-order valence-corrected chi connectivity index (χ1v) is 10.3. The highest BCUT2D eigenvalue weighted by Crippen LogP contribution is 2.33. The molecule has 2 aliphatic rings. The molecule has 0 bridgehead atoms. The molecule has 0 radical (unpaired) electrons. The van der Waals surface area contributed by atoms with E-state index in [1.807, 2.05) is 36.9 Å². The molecule has 154 valence electrons. The van der Waals surface area contributed by atoms with E-state index in [0.717, 1.165) is 22.8 Å². The lowest BCUT2D eigenvalue weighted by molar-refractivity contribution is -0.153. The molecule has 1 atom stereocenters. The van der Waals surface area contributed by atoms with Crippen LogP contribution in [0.15, 0.2) is 18.2 Å². The van der Waals surface area contributed by atoms with Gasteiger partial charge in [-0.15, -0.1) is 0 Å². The van der Waals surface area contributed by atoms with Crippen molar-refractivity contribution in [2.75, 3.05) is 38.7 Å². The van der Waals surface area contributed by atoms with Crippen molar-refractivity contribution in [3.8, 4) is 11.5 Å². The van der Waals surface area contributed by atoms with E-state index >= 15 is 0 Å². The highest BCUT2D eigenvalue weighted by atomic mass is 32.2. The second-order valence-electron chi connectivity index (χ2n) is 6.68. The standard InChI is InChI=1S/C19H25NO7S/c1-13(7-14-3-4-16-17(8-14)25-11-24-16)20(2)19(22)27-12-26-18(21)5-6-23-15-9-28-10-15/h3-4,8,13,15H,5-7,9-12H2,1-2H3. The molecule has 3 rings (SSSR count). The van der Waals surface area contributed by atoms with E-state index in [1.54, 1.807) is 7.05 Å². The van der Waals surface area contributed by atoms with Gasteiger partial charge in [-0.3, -0.25) is 4.79 Å². The van der Waals surface area contributed by atoms with Gasteiger partial charge in [-0.25, -0.2) is 4.79 Å². The first-order chi connectivity index (χ1) is 13.5. The van der Waals surface area contributed by atoms with E-state index in [9.17, 15) is 9.59 Å². The predicted molar refractivity (Wildman–Crippen MR) is 103 cm³/mol. The van der Waals surface area contributed by atoms with E-state index in [4.69, 9.17) is 23.7 Å². The molecule has 0 aromatic heterocycles. The third-order valence-corrected chi connectivity index (χ3v) is 5.80. The van der Waals surface area contributed by atoms with E-state index in [0.29, 0.717) is 18.8 Å². The summed E-state index contributed by atoms with van der Waals surface area (Å²) in [5, 5.41) is 0. The Bertz CT molecular complexity index is 695. The molecule has 0 aliphatic carbocycles. The van der Waals surface area contributed by atoms with Gasteiger partial charge in [0.25, 0.3) is 0 Å². The SMILES string of the molecule is CC(Cc1ccc2c(c1)OCO2)N(C)C(=O)OCOC(=O)CCOC1CSC1. The summed E-state index contributed by atoms with van der Waals surface area (Å²) in [5.41, 5.74) is 1.02. The van der Waals surface area contributed by atoms with E-state index in [1.165, 1.54) is 4.90 Å². The minimum atomic E-state index is -0.552. The highest BCUT2D eigenvalue weighted by molar-refractivity contribution is 8.00. The molecule has 1 aromatic carbocycles. The minimum absolute atomic E-state index is 0.114. The van der Waals surface area contributed by atoms with E-state index < -0.39 is 18.9 Å². The number of benzene rings is 1. The fourth-order valence-corrected chi connectivity index (χ4v) is 3.29. The number of amides is 1. The van der Waals surface area contributed by atoms with Crippen LogP contribution in [0, 0.1) is 0 Å². The summed E-state index contributed by atoms with van der Waals surface area (Å²) in [6.07, 6.45) is 0.466. The molecular weight excluding hydrogens is 386 g/mol. The van der Waals surface area contributed by atoms with Gasteiger partial charge in [-0.1, -0.05) is 6.07 Å². The molecule has 0 N–H and O–H groups in total. The monoisotopic (exact) mass is 411 g/mol. The first kappa shape index (κ1) is 20.6. The fourth-order valence-electron chi connectivity index (χ4n) is 2.66. The van der Waals surface area contributed by atoms with Crippen molar-refractivity contribution in [1.82, 2.24) is 4.90 Å². The number of carbonyl (C=O) groups is 2. The van der Waals surface area contributed by atoms with Crippen LogP contribution in [0.2, 0.25) is 0 Å². The zero-order valence-corrected chi connectivity index (χ0v) is 16.9. The summed E-state index contributed by atoms with van der Waals surface area (Å²) in [6.45, 7) is 2.06. The molecule has 1 saturated heterocycles. The number of fused-ring (bicyclic) bond motifs is 1. The van der Waals surface area contributed by atoms with Gasteiger partial charge in [0, 0.05) is 24.6 Å². The Morgan fingerprint density at radius 2 is 2.04 bits per heavy atom. The lowest BCUT2D eigenvalue weighted by Crippen LogP contribution is -2.37.